The number of para-hydroxylation sites is 1. The first-order valence-electron chi connectivity index (χ1n) is 7.27. The molecule has 0 saturated heterocycles. The van der Waals surface area contributed by atoms with E-state index in [1.54, 1.807) is 0 Å². The molecule has 0 amide bonds. The van der Waals surface area contributed by atoms with E-state index in [1.807, 2.05) is 7.11 Å². The molecule has 2 aliphatic rings. The van der Waals surface area contributed by atoms with Crippen molar-refractivity contribution in [2.24, 2.45) is 5.41 Å². The maximum absolute atomic E-state index is 5.70. The molecule has 1 aliphatic carbocycles. The average Bonchev–Trinajstić information content (AvgIpc) is 2.61. The van der Waals surface area contributed by atoms with Gasteiger partial charge in [0.1, 0.15) is 0 Å². The molecule has 2 nitrogen and oxygen atoms in total. The van der Waals surface area contributed by atoms with E-state index in [4.69, 9.17) is 4.74 Å². The summed E-state index contributed by atoms with van der Waals surface area (Å²) in [6, 6.07) is 9.45. The lowest BCUT2D eigenvalue weighted by molar-refractivity contribution is -0.0245. The van der Waals surface area contributed by atoms with E-state index in [2.05, 4.69) is 57.0 Å². The minimum atomic E-state index is 0.216. The van der Waals surface area contributed by atoms with E-state index < -0.39 is 0 Å². The lowest BCUT2D eigenvalue weighted by atomic mass is 9.54. The summed E-state index contributed by atoms with van der Waals surface area (Å²) >= 11 is 0. The maximum Gasteiger partial charge on any atom is 0.0596 e. The molecule has 1 aromatic rings. The standard InChI is InChI=1S/C17H25NO/c1-16(2)11-12(19-5)10-15-17(16,3)13-8-6-7-9-14(13)18(15)4/h6-9,12,15H,10-11H2,1-5H3/t12?,15-,17-/m1/s1. The van der Waals surface area contributed by atoms with Gasteiger partial charge in [-0.1, -0.05) is 39.0 Å². The molecular weight excluding hydrogens is 234 g/mol. The molecule has 0 bridgehead atoms. The van der Waals surface area contributed by atoms with Crippen molar-refractivity contribution >= 4 is 5.69 Å². The van der Waals surface area contributed by atoms with Gasteiger partial charge < -0.3 is 9.64 Å². The molecule has 0 N–H and O–H groups in total. The number of ether oxygens (including phenoxy) is 1. The number of rotatable bonds is 1. The van der Waals surface area contributed by atoms with Gasteiger partial charge in [0.05, 0.1) is 6.10 Å². The van der Waals surface area contributed by atoms with Gasteiger partial charge in [-0.25, -0.2) is 0 Å². The molecule has 1 heterocycles. The van der Waals surface area contributed by atoms with Crippen LogP contribution in [-0.4, -0.2) is 26.3 Å². The molecular formula is C17H25NO. The number of hydrogen-bond acceptors (Lipinski definition) is 2. The fourth-order valence-corrected chi connectivity index (χ4v) is 4.46. The van der Waals surface area contributed by atoms with E-state index >= 15 is 0 Å². The second kappa shape index (κ2) is 3.99. The van der Waals surface area contributed by atoms with E-state index in [-0.39, 0.29) is 10.8 Å². The van der Waals surface area contributed by atoms with Crippen molar-refractivity contribution in [3.05, 3.63) is 29.8 Å². The van der Waals surface area contributed by atoms with Crippen LogP contribution in [0.2, 0.25) is 0 Å². The summed E-state index contributed by atoms with van der Waals surface area (Å²) in [5, 5.41) is 0. The predicted octanol–water partition coefficient (Wildman–Crippen LogP) is 3.60. The number of nitrogens with zero attached hydrogens (tertiary/aromatic N) is 1. The van der Waals surface area contributed by atoms with Crippen LogP contribution in [0.5, 0.6) is 0 Å². The zero-order valence-electron chi connectivity index (χ0n) is 12.7. The Labute approximate surface area is 116 Å². The van der Waals surface area contributed by atoms with Crippen LogP contribution >= 0.6 is 0 Å². The van der Waals surface area contributed by atoms with Crippen molar-refractivity contribution in [3.8, 4) is 0 Å². The van der Waals surface area contributed by atoms with Crippen LogP contribution in [0, 0.1) is 5.41 Å². The molecule has 19 heavy (non-hydrogen) atoms. The fourth-order valence-electron chi connectivity index (χ4n) is 4.46. The highest BCUT2D eigenvalue weighted by Crippen LogP contribution is 2.59. The van der Waals surface area contributed by atoms with Crippen molar-refractivity contribution in [3.63, 3.8) is 0 Å². The van der Waals surface area contributed by atoms with Crippen LogP contribution in [0.15, 0.2) is 24.3 Å². The minimum Gasteiger partial charge on any atom is -0.381 e. The summed E-state index contributed by atoms with van der Waals surface area (Å²) in [6.45, 7) is 7.26. The normalized spacial score (nSPS) is 35.9. The van der Waals surface area contributed by atoms with Crippen LogP contribution in [0.25, 0.3) is 0 Å². The van der Waals surface area contributed by atoms with E-state index in [9.17, 15) is 0 Å². The second-order valence-corrected chi connectivity index (χ2v) is 7.03. The molecule has 0 radical (unpaired) electrons. The Kier molecular flexibility index (Phi) is 2.72. The zero-order chi connectivity index (χ0) is 13.8. The Balaban J connectivity index is 2.15. The molecule has 0 spiro atoms. The summed E-state index contributed by atoms with van der Waals surface area (Å²) in [6.07, 6.45) is 2.64. The predicted molar refractivity (Wildman–Crippen MR) is 79.8 cm³/mol. The molecule has 3 atom stereocenters. The summed E-state index contributed by atoms with van der Waals surface area (Å²) in [5.41, 5.74) is 3.38. The fraction of sp³-hybridized carbons (Fsp3) is 0.647. The Morgan fingerprint density at radius 3 is 2.58 bits per heavy atom. The maximum atomic E-state index is 5.70. The third-order valence-corrected chi connectivity index (χ3v) is 5.94. The third-order valence-electron chi connectivity index (χ3n) is 5.94. The number of likely N-dealkylation sites (N-methyl/N-ethyl adjacent to an activating group) is 1. The summed E-state index contributed by atoms with van der Waals surface area (Å²) in [5.74, 6) is 0. The van der Waals surface area contributed by atoms with Crippen LogP contribution in [0.3, 0.4) is 0 Å². The Bertz CT molecular complexity index is 496. The van der Waals surface area contributed by atoms with Crippen LogP contribution in [-0.2, 0) is 10.2 Å². The Hall–Kier alpha value is -1.02. The van der Waals surface area contributed by atoms with Gasteiger partial charge >= 0.3 is 0 Å². The molecule has 104 valence electrons. The molecule has 1 aromatic carbocycles. The largest absolute Gasteiger partial charge is 0.381 e. The van der Waals surface area contributed by atoms with Crippen molar-refractivity contribution in [2.75, 3.05) is 19.1 Å². The number of hydrogen-bond donors (Lipinski definition) is 0. The molecule has 1 aliphatic heterocycles. The summed E-state index contributed by atoms with van der Waals surface area (Å²) < 4.78 is 5.70. The first-order valence-corrected chi connectivity index (χ1v) is 7.27. The van der Waals surface area contributed by atoms with E-state index in [1.165, 1.54) is 11.3 Å². The van der Waals surface area contributed by atoms with Gasteiger partial charge in [0.15, 0.2) is 0 Å². The number of methoxy groups -OCH3 is 1. The molecule has 1 unspecified atom stereocenters. The average molecular weight is 259 g/mol. The topological polar surface area (TPSA) is 12.5 Å². The highest BCUT2D eigenvalue weighted by Gasteiger charge is 2.58. The Morgan fingerprint density at radius 1 is 1.21 bits per heavy atom. The molecule has 2 heteroatoms. The van der Waals surface area contributed by atoms with E-state index in [0.29, 0.717) is 12.1 Å². The van der Waals surface area contributed by atoms with Crippen molar-refractivity contribution in [2.45, 2.75) is 51.2 Å². The molecule has 0 aromatic heterocycles. The van der Waals surface area contributed by atoms with E-state index in [0.717, 1.165) is 12.8 Å². The number of benzene rings is 1. The van der Waals surface area contributed by atoms with Gasteiger partial charge in [0, 0.05) is 31.3 Å². The van der Waals surface area contributed by atoms with Crippen molar-refractivity contribution in [1.29, 1.82) is 0 Å². The highest BCUT2D eigenvalue weighted by molar-refractivity contribution is 5.65. The first-order chi connectivity index (χ1) is 8.91. The van der Waals surface area contributed by atoms with Crippen molar-refractivity contribution in [1.82, 2.24) is 0 Å². The number of fused-ring (bicyclic) bond motifs is 3. The van der Waals surface area contributed by atoms with Gasteiger partial charge in [-0.2, -0.15) is 0 Å². The molecule has 1 saturated carbocycles. The SMILES string of the molecule is COC1C[C@H]2N(C)c3ccccc3[C@@]2(C)C(C)(C)C1. The monoisotopic (exact) mass is 259 g/mol. The minimum absolute atomic E-state index is 0.216. The lowest BCUT2D eigenvalue weighted by Crippen LogP contribution is -2.57. The zero-order valence-corrected chi connectivity index (χ0v) is 12.7. The van der Waals surface area contributed by atoms with Gasteiger partial charge in [0.2, 0.25) is 0 Å². The smallest absolute Gasteiger partial charge is 0.0596 e. The first kappa shape index (κ1) is 13.0. The molecule has 3 rings (SSSR count). The number of anilines is 1. The van der Waals surface area contributed by atoms with Crippen LogP contribution in [0.1, 0.15) is 39.2 Å². The van der Waals surface area contributed by atoms with Gasteiger partial charge in [0.25, 0.3) is 0 Å². The quantitative estimate of drug-likeness (QED) is 0.764. The molecule has 1 fully saturated rings. The highest BCUT2D eigenvalue weighted by atomic mass is 16.5. The Morgan fingerprint density at radius 2 is 1.89 bits per heavy atom. The van der Waals surface area contributed by atoms with Crippen molar-refractivity contribution < 1.29 is 4.74 Å². The third kappa shape index (κ3) is 1.53. The van der Waals surface area contributed by atoms with Crippen LogP contribution in [0.4, 0.5) is 5.69 Å². The van der Waals surface area contributed by atoms with Crippen LogP contribution < -0.4 is 4.90 Å². The van der Waals surface area contributed by atoms with Gasteiger partial charge in [-0.05, 0) is 29.9 Å². The summed E-state index contributed by atoms with van der Waals surface area (Å²) in [4.78, 5) is 2.47. The van der Waals surface area contributed by atoms with Gasteiger partial charge in [-0.3, -0.25) is 0 Å². The van der Waals surface area contributed by atoms with Gasteiger partial charge in [-0.15, -0.1) is 0 Å². The summed E-state index contributed by atoms with van der Waals surface area (Å²) in [7, 11) is 4.09. The lowest BCUT2D eigenvalue weighted by Gasteiger charge is -2.53. The second-order valence-electron chi connectivity index (χ2n) is 7.03.